The topological polar surface area (TPSA) is 53.7 Å². The lowest BCUT2D eigenvalue weighted by atomic mass is 10.3. The third-order valence-electron chi connectivity index (χ3n) is 2.78. The molecule has 18 heavy (non-hydrogen) atoms. The maximum absolute atomic E-state index is 12.0. The molecule has 2 aromatic rings. The van der Waals surface area contributed by atoms with Crippen molar-refractivity contribution in [1.29, 1.82) is 0 Å². The van der Waals surface area contributed by atoms with Crippen molar-refractivity contribution < 1.29 is 9.52 Å². The molecule has 5 heteroatoms. The molecule has 0 fully saturated rings. The summed E-state index contributed by atoms with van der Waals surface area (Å²) in [5, 5.41) is 11.0. The lowest BCUT2D eigenvalue weighted by molar-refractivity contribution is 0.299. The Labute approximate surface area is 109 Å². The Kier molecular flexibility index (Phi) is 4.04. The molecule has 2 aromatic heterocycles. The Morgan fingerprint density at radius 3 is 2.89 bits per heavy atom. The fourth-order valence-corrected chi connectivity index (χ4v) is 2.81. The number of hydrogen-bond acceptors (Lipinski definition) is 5. The highest BCUT2D eigenvalue weighted by Gasteiger charge is 2.13. The molecule has 2 heterocycles. The molecular weight excluding hydrogens is 250 g/mol. The summed E-state index contributed by atoms with van der Waals surface area (Å²) in [4.78, 5) is 13.9. The zero-order valence-corrected chi connectivity index (χ0v) is 11.4. The first kappa shape index (κ1) is 13.1. The fourth-order valence-electron chi connectivity index (χ4n) is 1.92. The van der Waals surface area contributed by atoms with Gasteiger partial charge in [0.05, 0.1) is 6.61 Å². The van der Waals surface area contributed by atoms with Crippen LogP contribution in [0.5, 0.6) is 0 Å². The minimum absolute atomic E-state index is 0.0107. The van der Waals surface area contributed by atoms with E-state index in [1.165, 1.54) is 17.4 Å². The molecular formula is C13H17NO3S. The summed E-state index contributed by atoms with van der Waals surface area (Å²) >= 11 is 1.41. The molecule has 0 radical (unpaired) electrons. The highest BCUT2D eigenvalue weighted by atomic mass is 32.1. The summed E-state index contributed by atoms with van der Waals surface area (Å²) in [6.45, 7) is 5.27. The lowest BCUT2D eigenvalue weighted by Crippen LogP contribution is -2.28. The molecule has 98 valence electrons. The summed E-state index contributed by atoms with van der Waals surface area (Å²) < 4.78 is 6.47. The van der Waals surface area contributed by atoms with Crippen molar-refractivity contribution in [3.63, 3.8) is 0 Å². The molecule has 1 N–H and O–H groups in total. The monoisotopic (exact) mass is 267 g/mol. The van der Waals surface area contributed by atoms with Crippen LogP contribution < -0.4 is 10.3 Å². The number of anilines is 1. The van der Waals surface area contributed by atoms with E-state index >= 15 is 0 Å². The van der Waals surface area contributed by atoms with E-state index in [1.807, 2.05) is 17.2 Å². The van der Waals surface area contributed by atoms with E-state index in [9.17, 15) is 4.79 Å². The molecule has 0 spiro atoms. The highest BCUT2D eigenvalue weighted by Crippen LogP contribution is 2.26. The van der Waals surface area contributed by atoms with Gasteiger partial charge in [-0.2, -0.15) is 0 Å². The van der Waals surface area contributed by atoms with Gasteiger partial charge in [-0.1, -0.05) is 6.92 Å². The third kappa shape index (κ3) is 2.42. The molecule has 0 aliphatic carbocycles. The molecule has 0 saturated carbocycles. The van der Waals surface area contributed by atoms with Crippen LogP contribution in [-0.4, -0.2) is 24.8 Å². The van der Waals surface area contributed by atoms with E-state index in [1.54, 1.807) is 0 Å². The van der Waals surface area contributed by atoms with Crippen molar-refractivity contribution in [2.24, 2.45) is 0 Å². The van der Waals surface area contributed by atoms with E-state index in [0.29, 0.717) is 22.7 Å². The zero-order valence-electron chi connectivity index (χ0n) is 10.6. The van der Waals surface area contributed by atoms with Gasteiger partial charge in [-0.25, -0.2) is 0 Å². The highest BCUT2D eigenvalue weighted by molar-refractivity contribution is 7.17. The summed E-state index contributed by atoms with van der Waals surface area (Å²) in [6.07, 6.45) is 0.935. The number of fused-ring (bicyclic) bond motifs is 1. The van der Waals surface area contributed by atoms with Gasteiger partial charge in [-0.15, -0.1) is 11.3 Å². The van der Waals surface area contributed by atoms with Gasteiger partial charge in [-0.05, 0) is 18.7 Å². The Balaban J connectivity index is 2.49. The number of rotatable bonds is 5. The molecule has 0 aliphatic heterocycles. The quantitative estimate of drug-likeness (QED) is 0.903. The van der Waals surface area contributed by atoms with Crippen molar-refractivity contribution in [2.45, 2.75) is 20.3 Å². The van der Waals surface area contributed by atoms with Gasteiger partial charge >= 0.3 is 0 Å². The number of aryl methyl sites for hydroxylation is 1. The molecule has 0 bridgehead atoms. The first-order valence-corrected chi connectivity index (χ1v) is 6.93. The Morgan fingerprint density at radius 1 is 1.44 bits per heavy atom. The number of nitrogens with zero attached hydrogens (tertiary/aromatic N) is 1. The average Bonchev–Trinajstić information content (AvgIpc) is 2.72. The van der Waals surface area contributed by atoms with Gasteiger partial charge in [0, 0.05) is 24.7 Å². The van der Waals surface area contributed by atoms with Gasteiger partial charge < -0.3 is 14.4 Å². The maximum atomic E-state index is 12.0. The van der Waals surface area contributed by atoms with Crippen LogP contribution in [0.25, 0.3) is 10.3 Å². The van der Waals surface area contributed by atoms with Crippen LogP contribution in [0, 0.1) is 6.92 Å². The van der Waals surface area contributed by atoms with Gasteiger partial charge in [0.15, 0.2) is 11.5 Å². The molecule has 2 rings (SSSR count). The number of thiophene rings is 1. The number of aliphatic hydroxyl groups excluding tert-OH is 1. The average molecular weight is 267 g/mol. The van der Waals surface area contributed by atoms with E-state index in [4.69, 9.17) is 9.52 Å². The maximum Gasteiger partial charge on any atom is 0.204 e. The predicted molar refractivity (Wildman–Crippen MR) is 74.7 cm³/mol. The third-order valence-corrected chi connectivity index (χ3v) is 3.87. The van der Waals surface area contributed by atoms with Crippen LogP contribution in [0.1, 0.15) is 18.9 Å². The fraction of sp³-hybridized carbons (Fsp3) is 0.462. The largest absolute Gasteiger partial charge is 0.439 e. The zero-order chi connectivity index (χ0) is 13.1. The Morgan fingerprint density at radius 2 is 2.22 bits per heavy atom. The first-order valence-electron chi connectivity index (χ1n) is 6.05. The van der Waals surface area contributed by atoms with Gasteiger partial charge in [0.1, 0.15) is 4.70 Å². The van der Waals surface area contributed by atoms with Crippen molar-refractivity contribution >= 4 is 27.5 Å². The van der Waals surface area contributed by atoms with Crippen LogP contribution in [-0.2, 0) is 0 Å². The smallest absolute Gasteiger partial charge is 0.204 e. The van der Waals surface area contributed by atoms with Crippen molar-refractivity contribution in [3.8, 4) is 0 Å². The van der Waals surface area contributed by atoms with Crippen LogP contribution >= 0.6 is 11.3 Å². The van der Waals surface area contributed by atoms with E-state index in [0.717, 1.165) is 18.5 Å². The van der Waals surface area contributed by atoms with Crippen LogP contribution in [0.15, 0.2) is 20.7 Å². The van der Waals surface area contributed by atoms with Crippen LogP contribution in [0.2, 0.25) is 0 Å². The van der Waals surface area contributed by atoms with E-state index in [2.05, 4.69) is 6.92 Å². The summed E-state index contributed by atoms with van der Waals surface area (Å²) in [5.41, 5.74) is 1.64. The van der Waals surface area contributed by atoms with E-state index < -0.39 is 0 Å². The van der Waals surface area contributed by atoms with Crippen molar-refractivity contribution in [3.05, 3.63) is 27.2 Å². The van der Waals surface area contributed by atoms with Crippen LogP contribution in [0.4, 0.5) is 5.88 Å². The van der Waals surface area contributed by atoms with E-state index in [-0.39, 0.29) is 12.0 Å². The molecule has 0 aliphatic rings. The second-order valence-electron chi connectivity index (χ2n) is 4.24. The van der Waals surface area contributed by atoms with Gasteiger partial charge in [-0.3, -0.25) is 4.79 Å². The first-order chi connectivity index (χ1) is 8.67. The normalized spacial score (nSPS) is 11.1. The van der Waals surface area contributed by atoms with Crippen molar-refractivity contribution in [2.75, 3.05) is 24.6 Å². The number of hydrogen-bond donors (Lipinski definition) is 1. The standard InChI is InChI=1S/C13H17NO3S/c1-3-4-14(5-6-15)11-7-10(16)13-12(17-11)9(2)8-18-13/h7-8,15H,3-6H2,1-2H3. The van der Waals surface area contributed by atoms with Crippen LogP contribution in [0.3, 0.4) is 0 Å². The molecule has 0 saturated heterocycles. The Hall–Kier alpha value is -1.33. The predicted octanol–water partition coefficient (Wildman–Crippen LogP) is 2.37. The Bertz CT molecular complexity index is 581. The van der Waals surface area contributed by atoms with Gasteiger partial charge in [0.2, 0.25) is 5.43 Å². The molecule has 0 unspecified atom stereocenters. The summed E-state index contributed by atoms with van der Waals surface area (Å²) in [5.74, 6) is 0.546. The molecule has 0 aromatic carbocycles. The minimum atomic E-state index is -0.0107. The summed E-state index contributed by atoms with van der Waals surface area (Å²) in [7, 11) is 0. The minimum Gasteiger partial charge on any atom is -0.439 e. The lowest BCUT2D eigenvalue weighted by Gasteiger charge is -2.21. The molecule has 0 amide bonds. The summed E-state index contributed by atoms with van der Waals surface area (Å²) in [6, 6.07) is 1.52. The molecule has 4 nitrogen and oxygen atoms in total. The second kappa shape index (κ2) is 5.54. The van der Waals surface area contributed by atoms with Crippen molar-refractivity contribution in [1.82, 2.24) is 0 Å². The second-order valence-corrected chi connectivity index (χ2v) is 5.12. The molecule has 0 atom stereocenters. The van der Waals surface area contributed by atoms with Gasteiger partial charge in [0.25, 0.3) is 0 Å². The number of aliphatic hydroxyl groups is 1. The SMILES string of the molecule is CCCN(CCO)c1cc(=O)c2scc(C)c2o1.